The zero-order valence-corrected chi connectivity index (χ0v) is 16.9. The lowest BCUT2D eigenvalue weighted by molar-refractivity contribution is 0.631. The minimum atomic E-state index is -0.210. The van der Waals surface area contributed by atoms with Gasteiger partial charge in [0.05, 0.1) is 38.9 Å². The van der Waals surface area contributed by atoms with Crippen molar-refractivity contribution in [1.82, 2.24) is 0 Å². The third kappa shape index (κ3) is 2.81. The van der Waals surface area contributed by atoms with Crippen LogP contribution in [0.4, 0.5) is 15.8 Å². The summed E-state index contributed by atoms with van der Waals surface area (Å²) >= 11 is 4.00. The normalized spacial score (nSPS) is 11.6. The standard InChI is InChI=1S/C21H17FINS/c1-13(2)14-7-5-8-15-16-9-6-12-19(21(16)25-20(14)15)24(23)18-11-4-3-10-17(18)22/h3-13H,1-2H3. The fourth-order valence-corrected chi connectivity index (χ4v) is 5.60. The fourth-order valence-electron chi connectivity index (χ4n) is 3.18. The molecule has 126 valence electrons. The largest absolute Gasteiger partial charge is 0.279 e. The lowest BCUT2D eigenvalue weighted by Gasteiger charge is -2.18. The van der Waals surface area contributed by atoms with Crippen LogP contribution in [-0.4, -0.2) is 0 Å². The molecular formula is C21H17FINS. The highest BCUT2D eigenvalue weighted by atomic mass is 127. The van der Waals surface area contributed by atoms with E-state index in [1.54, 1.807) is 17.4 Å². The number of nitrogens with zero attached hydrogens (tertiary/aromatic N) is 1. The first-order chi connectivity index (χ1) is 12.1. The van der Waals surface area contributed by atoms with Crippen LogP contribution >= 0.6 is 34.2 Å². The van der Waals surface area contributed by atoms with Gasteiger partial charge in [-0.3, -0.25) is 3.11 Å². The van der Waals surface area contributed by atoms with Gasteiger partial charge in [-0.05, 0) is 29.7 Å². The molecule has 4 heteroatoms. The molecule has 0 N–H and O–H groups in total. The van der Waals surface area contributed by atoms with Crippen LogP contribution in [0.3, 0.4) is 0 Å². The van der Waals surface area contributed by atoms with Gasteiger partial charge in [0.2, 0.25) is 0 Å². The predicted octanol–water partition coefficient (Wildman–Crippen LogP) is 7.81. The number of fused-ring (bicyclic) bond motifs is 3. The molecule has 0 amide bonds. The van der Waals surface area contributed by atoms with E-state index >= 15 is 0 Å². The van der Waals surface area contributed by atoms with E-state index in [1.165, 1.54) is 31.8 Å². The van der Waals surface area contributed by atoms with Crippen LogP contribution in [-0.2, 0) is 0 Å². The van der Waals surface area contributed by atoms with Crippen LogP contribution in [0.15, 0.2) is 60.7 Å². The van der Waals surface area contributed by atoms with Crippen LogP contribution in [0, 0.1) is 5.82 Å². The maximum absolute atomic E-state index is 14.3. The molecule has 3 aromatic carbocycles. The molecule has 0 aliphatic rings. The number of benzene rings is 3. The molecule has 0 bridgehead atoms. The van der Waals surface area contributed by atoms with E-state index in [0.29, 0.717) is 11.6 Å². The van der Waals surface area contributed by atoms with E-state index in [1.807, 2.05) is 15.2 Å². The van der Waals surface area contributed by atoms with Gasteiger partial charge in [-0.25, -0.2) is 4.39 Å². The number of anilines is 2. The van der Waals surface area contributed by atoms with Gasteiger partial charge in [0.25, 0.3) is 0 Å². The Hall–Kier alpha value is -1.66. The molecule has 0 aliphatic heterocycles. The molecule has 1 heterocycles. The van der Waals surface area contributed by atoms with E-state index in [4.69, 9.17) is 0 Å². The minimum Gasteiger partial charge on any atom is -0.279 e. The summed E-state index contributed by atoms with van der Waals surface area (Å²) in [5, 5.41) is 2.52. The molecule has 0 fully saturated rings. The first-order valence-electron chi connectivity index (χ1n) is 8.22. The molecule has 0 spiro atoms. The van der Waals surface area contributed by atoms with Gasteiger partial charge in [-0.2, -0.15) is 0 Å². The summed E-state index contributed by atoms with van der Waals surface area (Å²) in [6.07, 6.45) is 0. The van der Waals surface area contributed by atoms with Gasteiger partial charge in [0, 0.05) is 15.5 Å². The predicted molar refractivity (Wildman–Crippen MR) is 116 cm³/mol. The quantitative estimate of drug-likeness (QED) is 0.222. The summed E-state index contributed by atoms with van der Waals surface area (Å²) in [7, 11) is 0. The zero-order chi connectivity index (χ0) is 17.6. The van der Waals surface area contributed by atoms with Crippen molar-refractivity contribution in [3.8, 4) is 0 Å². The Morgan fingerprint density at radius 1 is 0.840 bits per heavy atom. The second kappa shape index (κ2) is 6.57. The molecule has 0 radical (unpaired) electrons. The van der Waals surface area contributed by atoms with Gasteiger partial charge in [-0.1, -0.05) is 56.3 Å². The van der Waals surface area contributed by atoms with E-state index in [9.17, 15) is 4.39 Å². The van der Waals surface area contributed by atoms with Crippen molar-refractivity contribution in [2.24, 2.45) is 0 Å². The third-order valence-corrected chi connectivity index (χ3v) is 6.76. The van der Waals surface area contributed by atoms with Crippen LogP contribution in [0.1, 0.15) is 25.3 Å². The molecule has 0 unspecified atom stereocenters. The fraction of sp³-hybridized carbons (Fsp3) is 0.143. The van der Waals surface area contributed by atoms with Crippen molar-refractivity contribution in [3.63, 3.8) is 0 Å². The van der Waals surface area contributed by atoms with Crippen LogP contribution in [0.25, 0.3) is 20.2 Å². The van der Waals surface area contributed by atoms with Gasteiger partial charge in [-0.15, -0.1) is 11.3 Å². The molecular weight excluding hydrogens is 444 g/mol. The van der Waals surface area contributed by atoms with Crippen LogP contribution in [0.2, 0.25) is 0 Å². The molecule has 0 saturated heterocycles. The van der Waals surface area contributed by atoms with Gasteiger partial charge < -0.3 is 0 Å². The van der Waals surface area contributed by atoms with Crippen molar-refractivity contribution in [2.75, 3.05) is 3.11 Å². The molecule has 4 aromatic rings. The molecule has 4 rings (SSSR count). The second-order valence-electron chi connectivity index (χ2n) is 6.37. The molecule has 0 aliphatic carbocycles. The van der Waals surface area contributed by atoms with Crippen LogP contribution < -0.4 is 3.11 Å². The molecule has 0 saturated carbocycles. The molecule has 25 heavy (non-hydrogen) atoms. The summed E-state index contributed by atoms with van der Waals surface area (Å²) in [6, 6.07) is 19.7. The van der Waals surface area contributed by atoms with Crippen molar-refractivity contribution in [1.29, 1.82) is 0 Å². The monoisotopic (exact) mass is 461 g/mol. The number of thiophene rings is 1. The van der Waals surface area contributed by atoms with E-state index in [0.717, 1.165) is 5.69 Å². The van der Waals surface area contributed by atoms with Crippen molar-refractivity contribution >= 4 is 65.7 Å². The summed E-state index contributed by atoms with van der Waals surface area (Å²) in [5.41, 5.74) is 2.98. The summed E-state index contributed by atoms with van der Waals surface area (Å²) in [6.45, 7) is 4.45. The van der Waals surface area contributed by atoms with Gasteiger partial charge in [0.1, 0.15) is 5.82 Å². The van der Waals surface area contributed by atoms with Crippen molar-refractivity contribution in [3.05, 3.63) is 72.0 Å². The Morgan fingerprint density at radius 2 is 1.48 bits per heavy atom. The van der Waals surface area contributed by atoms with Gasteiger partial charge >= 0.3 is 0 Å². The van der Waals surface area contributed by atoms with Crippen LogP contribution in [0.5, 0.6) is 0 Å². The Balaban J connectivity index is 1.98. The maximum Gasteiger partial charge on any atom is 0.147 e. The zero-order valence-electron chi connectivity index (χ0n) is 14.0. The SMILES string of the molecule is CC(C)c1cccc2c1sc1c(N(I)c3ccccc3F)cccc12. The number of rotatable bonds is 3. The van der Waals surface area contributed by atoms with E-state index < -0.39 is 0 Å². The second-order valence-corrected chi connectivity index (χ2v) is 8.35. The highest BCUT2D eigenvalue weighted by molar-refractivity contribution is 14.1. The summed E-state index contributed by atoms with van der Waals surface area (Å²) in [4.78, 5) is 0. The highest BCUT2D eigenvalue weighted by Crippen LogP contribution is 2.45. The molecule has 0 atom stereocenters. The van der Waals surface area contributed by atoms with E-state index in [2.05, 4.69) is 73.1 Å². The third-order valence-electron chi connectivity index (χ3n) is 4.43. The average Bonchev–Trinajstić information content (AvgIpc) is 3.00. The Bertz CT molecular complexity index is 1070. The summed E-state index contributed by atoms with van der Waals surface area (Å²) < 4.78 is 18.7. The first-order valence-corrected chi connectivity index (χ1v) is 10.0. The van der Waals surface area contributed by atoms with Gasteiger partial charge in [0.15, 0.2) is 0 Å². The Morgan fingerprint density at radius 3 is 2.20 bits per heavy atom. The smallest absolute Gasteiger partial charge is 0.147 e. The Kier molecular flexibility index (Phi) is 4.41. The topological polar surface area (TPSA) is 3.24 Å². The Labute approximate surface area is 164 Å². The maximum atomic E-state index is 14.3. The molecule has 1 aromatic heterocycles. The number of hydrogen-bond acceptors (Lipinski definition) is 2. The minimum absolute atomic E-state index is 0.210. The van der Waals surface area contributed by atoms with Crippen molar-refractivity contribution < 1.29 is 4.39 Å². The number of para-hydroxylation sites is 1. The average molecular weight is 461 g/mol. The highest BCUT2D eigenvalue weighted by Gasteiger charge is 2.17. The van der Waals surface area contributed by atoms with E-state index in [-0.39, 0.29) is 5.82 Å². The number of hydrogen-bond donors (Lipinski definition) is 0. The molecule has 1 nitrogen and oxygen atoms in total. The first kappa shape index (κ1) is 16.8. The lowest BCUT2D eigenvalue weighted by Crippen LogP contribution is -2.02. The number of halogens is 2. The van der Waals surface area contributed by atoms with Crippen molar-refractivity contribution in [2.45, 2.75) is 19.8 Å². The summed E-state index contributed by atoms with van der Waals surface area (Å²) in [5.74, 6) is 0.264. The lowest BCUT2D eigenvalue weighted by atomic mass is 10.0.